The van der Waals surface area contributed by atoms with E-state index >= 15 is 0 Å². The number of imidazole rings is 1. The van der Waals surface area contributed by atoms with Crippen molar-refractivity contribution in [3.8, 4) is 0 Å². The Morgan fingerprint density at radius 1 is 0.836 bits per heavy atom. The molecule has 1 aliphatic heterocycles. The molecule has 0 unspecified atom stereocenters. The zero-order chi connectivity index (χ0) is 40.1. The van der Waals surface area contributed by atoms with E-state index in [0.717, 1.165) is 11.1 Å². The Morgan fingerprint density at radius 2 is 1.47 bits per heavy atom. The van der Waals surface area contributed by atoms with E-state index in [1.54, 1.807) is 13.8 Å². The highest BCUT2D eigenvalue weighted by Crippen LogP contribution is 2.23. The topological polar surface area (TPSA) is 221 Å². The van der Waals surface area contributed by atoms with Gasteiger partial charge in [0.1, 0.15) is 24.2 Å². The summed E-state index contributed by atoms with van der Waals surface area (Å²) in [6, 6.07) is 14.1. The number of benzene rings is 2. The van der Waals surface area contributed by atoms with Gasteiger partial charge in [-0.15, -0.1) is 0 Å². The van der Waals surface area contributed by atoms with Gasteiger partial charge < -0.3 is 42.2 Å². The Kier molecular flexibility index (Phi) is 15.5. The highest BCUT2D eigenvalue weighted by Gasteiger charge is 2.37. The molecule has 1 aromatic heterocycles. The number of carbonyl (C=O) groups is 6. The number of carbonyl (C=O) groups excluding carboxylic acids is 6. The quantitative estimate of drug-likeness (QED) is 0.101. The van der Waals surface area contributed by atoms with Gasteiger partial charge in [-0.05, 0) is 42.7 Å². The SMILES string of the molecule is CC[C@H](C)[C@H](NC(=O)[C@@H]1CCCN1C(=O)CNC(=O)[C@H](C)NC(=O)[C@H](Cc1cnc[nH]1)NC(=O)[C@@H](N)C(C)C)C(=O)NC(c1ccccc1)c1ccccc1. The summed E-state index contributed by atoms with van der Waals surface area (Å²) in [5, 5.41) is 13.9. The fourth-order valence-corrected chi connectivity index (χ4v) is 6.36. The molecule has 296 valence electrons. The maximum atomic E-state index is 13.9. The first-order valence-electron chi connectivity index (χ1n) is 18.9. The molecule has 0 aliphatic carbocycles. The number of aromatic amines is 1. The second-order valence-corrected chi connectivity index (χ2v) is 14.4. The number of likely N-dealkylation sites (tertiary alicyclic amines) is 1. The second kappa shape index (κ2) is 20.2. The van der Waals surface area contributed by atoms with Crippen molar-refractivity contribution < 1.29 is 28.8 Å². The molecule has 15 nitrogen and oxygen atoms in total. The van der Waals surface area contributed by atoms with Crippen LogP contribution in [-0.4, -0.2) is 93.6 Å². The van der Waals surface area contributed by atoms with Gasteiger partial charge in [-0.25, -0.2) is 4.98 Å². The van der Waals surface area contributed by atoms with Gasteiger partial charge in [0.2, 0.25) is 35.4 Å². The number of hydrogen-bond donors (Lipinski definition) is 7. The van der Waals surface area contributed by atoms with Crippen LogP contribution < -0.4 is 32.3 Å². The number of nitrogens with one attached hydrogen (secondary N) is 6. The van der Waals surface area contributed by atoms with Crippen molar-refractivity contribution in [2.24, 2.45) is 17.6 Å². The van der Waals surface area contributed by atoms with Crippen molar-refractivity contribution >= 4 is 35.4 Å². The van der Waals surface area contributed by atoms with E-state index in [0.29, 0.717) is 31.5 Å². The molecule has 1 fully saturated rings. The van der Waals surface area contributed by atoms with Gasteiger partial charge in [0.05, 0.1) is 25.0 Å². The lowest BCUT2D eigenvalue weighted by Gasteiger charge is -2.30. The lowest BCUT2D eigenvalue weighted by atomic mass is 9.95. The summed E-state index contributed by atoms with van der Waals surface area (Å²) in [6.07, 6.45) is 4.63. The van der Waals surface area contributed by atoms with Crippen molar-refractivity contribution in [1.29, 1.82) is 0 Å². The number of H-pyrrole nitrogens is 1. The minimum atomic E-state index is -1.07. The number of amides is 6. The molecule has 0 saturated carbocycles. The van der Waals surface area contributed by atoms with Gasteiger partial charge in [-0.3, -0.25) is 28.8 Å². The molecule has 0 spiro atoms. The van der Waals surface area contributed by atoms with Crippen LogP contribution in [0.15, 0.2) is 73.2 Å². The van der Waals surface area contributed by atoms with E-state index in [1.807, 2.05) is 74.5 Å². The van der Waals surface area contributed by atoms with E-state index in [2.05, 4.69) is 36.6 Å². The van der Waals surface area contributed by atoms with E-state index in [-0.39, 0.29) is 24.2 Å². The molecular formula is C40H55N9O6. The second-order valence-electron chi connectivity index (χ2n) is 14.4. The predicted molar refractivity (Wildman–Crippen MR) is 207 cm³/mol. The Hall–Kier alpha value is -5.57. The van der Waals surface area contributed by atoms with Crippen molar-refractivity contribution in [2.45, 2.75) is 96.6 Å². The molecule has 0 bridgehead atoms. The maximum absolute atomic E-state index is 13.9. The van der Waals surface area contributed by atoms with Crippen LogP contribution in [0.2, 0.25) is 0 Å². The van der Waals surface area contributed by atoms with Crippen LogP contribution in [0.25, 0.3) is 0 Å². The Labute approximate surface area is 322 Å². The molecule has 1 aliphatic rings. The molecular weight excluding hydrogens is 702 g/mol. The van der Waals surface area contributed by atoms with Crippen LogP contribution in [0.5, 0.6) is 0 Å². The summed E-state index contributed by atoms with van der Waals surface area (Å²) in [7, 11) is 0. The third kappa shape index (κ3) is 11.7. The Balaban J connectivity index is 1.36. The number of rotatable bonds is 18. The largest absolute Gasteiger partial charge is 0.348 e. The minimum Gasteiger partial charge on any atom is -0.348 e. The number of hydrogen-bond acceptors (Lipinski definition) is 8. The van der Waals surface area contributed by atoms with Crippen molar-refractivity contribution in [3.05, 3.63) is 90.0 Å². The zero-order valence-electron chi connectivity index (χ0n) is 32.2. The van der Waals surface area contributed by atoms with Crippen LogP contribution in [0, 0.1) is 11.8 Å². The Morgan fingerprint density at radius 3 is 2.04 bits per heavy atom. The summed E-state index contributed by atoms with van der Waals surface area (Å²) >= 11 is 0. The summed E-state index contributed by atoms with van der Waals surface area (Å²) in [4.78, 5) is 88.3. The summed E-state index contributed by atoms with van der Waals surface area (Å²) < 4.78 is 0. The normalized spacial score (nSPS) is 16.7. The van der Waals surface area contributed by atoms with Gasteiger partial charge in [-0.1, -0.05) is 94.8 Å². The fraction of sp³-hybridized carbons (Fsp3) is 0.475. The van der Waals surface area contributed by atoms with Crippen LogP contribution in [0.3, 0.4) is 0 Å². The third-order valence-electron chi connectivity index (χ3n) is 10.0. The van der Waals surface area contributed by atoms with E-state index in [1.165, 1.54) is 24.3 Å². The van der Waals surface area contributed by atoms with Gasteiger partial charge in [0, 0.05) is 24.9 Å². The van der Waals surface area contributed by atoms with Crippen molar-refractivity contribution in [2.75, 3.05) is 13.1 Å². The predicted octanol–water partition coefficient (Wildman–Crippen LogP) is 1.47. The summed E-state index contributed by atoms with van der Waals surface area (Å²) in [5.74, 6) is -3.41. The van der Waals surface area contributed by atoms with Crippen LogP contribution in [0.4, 0.5) is 0 Å². The van der Waals surface area contributed by atoms with Gasteiger partial charge in [0.25, 0.3) is 0 Å². The van der Waals surface area contributed by atoms with Gasteiger partial charge in [0.15, 0.2) is 0 Å². The molecule has 15 heteroatoms. The lowest BCUT2D eigenvalue weighted by Crippen LogP contribution is -2.57. The average molecular weight is 758 g/mol. The molecule has 4 rings (SSSR count). The fourth-order valence-electron chi connectivity index (χ4n) is 6.36. The van der Waals surface area contributed by atoms with E-state index in [9.17, 15) is 28.8 Å². The van der Waals surface area contributed by atoms with E-state index < -0.39 is 72.3 Å². The zero-order valence-corrected chi connectivity index (χ0v) is 32.2. The van der Waals surface area contributed by atoms with Crippen molar-refractivity contribution in [1.82, 2.24) is 41.5 Å². The highest BCUT2D eigenvalue weighted by molar-refractivity contribution is 5.96. The molecule has 6 amide bonds. The van der Waals surface area contributed by atoms with Gasteiger partial charge >= 0.3 is 0 Å². The molecule has 8 N–H and O–H groups in total. The molecule has 0 radical (unpaired) electrons. The minimum absolute atomic E-state index is 0.0772. The monoisotopic (exact) mass is 757 g/mol. The molecule has 1 saturated heterocycles. The molecule has 2 heterocycles. The first-order valence-corrected chi connectivity index (χ1v) is 18.9. The van der Waals surface area contributed by atoms with Crippen LogP contribution >= 0.6 is 0 Å². The lowest BCUT2D eigenvalue weighted by molar-refractivity contribution is -0.140. The molecule has 6 atom stereocenters. The first-order chi connectivity index (χ1) is 26.3. The smallest absolute Gasteiger partial charge is 0.243 e. The standard InChI is InChI=1S/C40H55N9O6/c1-6-25(4)34(40(55)48-35(27-14-9-7-10-15-27)28-16-11-8-12-17-28)47-38(53)31-18-13-19-49(31)32(50)22-43-36(51)26(5)45-37(52)30(20-29-21-42-23-44-29)46-39(54)33(41)24(2)3/h7-12,14-17,21,23-26,30-31,33-35H,6,13,18-20,22,41H2,1-5H3,(H,42,44)(H,43,51)(H,45,52)(H,46,54)(H,47,53)(H,48,55)/t25-,26-,30-,31-,33-,34-/m0/s1. The highest BCUT2D eigenvalue weighted by atomic mass is 16.2. The molecule has 55 heavy (non-hydrogen) atoms. The van der Waals surface area contributed by atoms with Crippen molar-refractivity contribution in [3.63, 3.8) is 0 Å². The Bertz CT molecular complexity index is 1700. The first kappa shape index (κ1) is 42.2. The maximum Gasteiger partial charge on any atom is 0.243 e. The van der Waals surface area contributed by atoms with Crippen LogP contribution in [-0.2, 0) is 35.2 Å². The third-order valence-corrected chi connectivity index (χ3v) is 10.0. The summed E-state index contributed by atoms with van der Waals surface area (Å²) in [6.45, 7) is 8.76. The number of nitrogens with two attached hydrogens (primary N) is 1. The molecule has 3 aromatic rings. The summed E-state index contributed by atoms with van der Waals surface area (Å²) in [5.41, 5.74) is 8.36. The number of nitrogens with zero attached hydrogens (tertiary/aromatic N) is 2. The van der Waals surface area contributed by atoms with Gasteiger partial charge in [-0.2, -0.15) is 0 Å². The number of aromatic nitrogens is 2. The molecule has 2 aromatic carbocycles. The van der Waals surface area contributed by atoms with Crippen LogP contribution in [0.1, 0.15) is 76.7 Å². The van der Waals surface area contributed by atoms with E-state index in [4.69, 9.17) is 5.73 Å². The average Bonchev–Trinajstić information content (AvgIpc) is 3.90.